The summed E-state index contributed by atoms with van der Waals surface area (Å²) < 4.78 is 17.4. The number of aromatic nitrogens is 2. The Kier molecular flexibility index (Phi) is 4.91. The number of ether oxygens (including phenoxy) is 3. The van der Waals surface area contributed by atoms with Crippen LogP contribution < -0.4 is 19.8 Å². The lowest BCUT2D eigenvalue weighted by molar-refractivity contribution is -0.134. The summed E-state index contributed by atoms with van der Waals surface area (Å²) in [7, 11) is 0. The molecule has 0 spiro atoms. The monoisotopic (exact) mass is 434 g/mol. The number of rotatable bonds is 5. The maximum absolute atomic E-state index is 13.1. The summed E-state index contributed by atoms with van der Waals surface area (Å²) in [6.07, 6.45) is 1.51. The Bertz CT molecular complexity index is 1340. The first-order chi connectivity index (χ1) is 15.1. The Morgan fingerprint density at radius 1 is 1.16 bits per heavy atom. The predicted molar refractivity (Wildman–Crippen MR) is 117 cm³/mol. The molecule has 2 aromatic heterocycles. The minimum atomic E-state index is -0.449. The number of thiophene rings is 1. The average molecular weight is 434 g/mol. The van der Waals surface area contributed by atoms with E-state index in [1.165, 1.54) is 22.2 Å². The summed E-state index contributed by atoms with van der Waals surface area (Å²) in [5, 5.41) is 2.52. The summed E-state index contributed by atoms with van der Waals surface area (Å²) in [6, 6.07) is 13.0. The second-order valence-corrected chi connectivity index (χ2v) is 8.04. The van der Waals surface area contributed by atoms with Crippen LogP contribution in [0.1, 0.15) is 12.0 Å². The van der Waals surface area contributed by atoms with E-state index in [9.17, 15) is 9.59 Å². The Morgan fingerprint density at radius 2 is 1.97 bits per heavy atom. The van der Waals surface area contributed by atoms with E-state index >= 15 is 0 Å². The zero-order chi connectivity index (χ0) is 21.4. The van der Waals surface area contributed by atoms with Crippen LogP contribution >= 0.6 is 11.3 Å². The normalized spacial score (nSPS) is 12.3. The first-order valence-electron chi connectivity index (χ1n) is 9.72. The number of fused-ring (bicyclic) bond motifs is 2. The second kappa shape index (κ2) is 7.88. The minimum absolute atomic E-state index is 0.0333. The highest BCUT2D eigenvalue weighted by molar-refractivity contribution is 7.17. The molecule has 31 heavy (non-hydrogen) atoms. The van der Waals surface area contributed by atoms with Crippen molar-refractivity contribution < 1.29 is 19.0 Å². The van der Waals surface area contributed by atoms with Crippen LogP contribution in [0.5, 0.6) is 17.2 Å². The van der Waals surface area contributed by atoms with E-state index in [0.29, 0.717) is 27.5 Å². The van der Waals surface area contributed by atoms with Crippen molar-refractivity contribution >= 4 is 27.5 Å². The van der Waals surface area contributed by atoms with Gasteiger partial charge in [0.25, 0.3) is 5.56 Å². The van der Waals surface area contributed by atoms with Crippen molar-refractivity contribution in [3.63, 3.8) is 0 Å². The number of aryl methyl sites for hydroxylation is 2. The molecule has 0 radical (unpaired) electrons. The molecule has 0 N–H and O–H groups in total. The molecule has 0 saturated carbocycles. The molecule has 156 valence electrons. The van der Waals surface area contributed by atoms with Gasteiger partial charge in [0.2, 0.25) is 6.79 Å². The van der Waals surface area contributed by atoms with Gasteiger partial charge in [-0.15, -0.1) is 11.3 Å². The highest BCUT2D eigenvalue weighted by Crippen LogP contribution is 2.35. The number of hydrogen-bond acceptors (Lipinski definition) is 7. The minimum Gasteiger partial charge on any atom is -0.454 e. The fourth-order valence-electron chi connectivity index (χ4n) is 3.41. The Morgan fingerprint density at radius 3 is 2.81 bits per heavy atom. The fraction of sp³-hybridized carbons (Fsp3) is 0.174. The van der Waals surface area contributed by atoms with Crippen LogP contribution in [0.3, 0.4) is 0 Å². The summed E-state index contributed by atoms with van der Waals surface area (Å²) in [4.78, 5) is 30.5. The van der Waals surface area contributed by atoms with Gasteiger partial charge in [-0.1, -0.05) is 29.8 Å². The standard InChI is InChI=1S/C23H18N2O5S/c1-14-2-4-15(5-3-14)17-11-31-22-21(17)23(27)25(12-24-22)9-8-20(26)30-16-6-7-18-19(10-16)29-13-28-18/h2-7,10-12H,8-9,13H2,1H3. The molecule has 0 saturated heterocycles. The van der Waals surface area contributed by atoms with Gasteiger partial charge in [-0.25, -0.2) is 4.98 Å². The van der Waals surface area contributed by atoms with Crippen molar-refractivity contribution in [2.45, 2.75) is 19.9 Å². The van der Waals surface area contributed by atoms with Crippen LogP contribution in [-0.2, 0) is 11.3 Å². The lowest BCUT2D eigenvalue weighted by Crippen LogP contribution is -2.23. The summed E-state index contributed by atoms with van der Waals surface area (Å²) in [5.74, 6) is 1.08. The Hall–Kier alpha value is -3.65. The maximum atomic E-state index is 13.1. The smallest absolute Gasteiger partial charge is 0.312 e. The molecule has 0 fully saturated rings. The molecule has 5 rings (SSSR count). The van der Waals surface area contributed by atoms with Gasteiger partial charge >= 0.3 is 5.97 Å². The van der Waals surface area contributed by atoms with Gasteiger partial charge in [-0.2, -0.15) is 0 Å². The van der Waals surface area contributed by atoms with Crippen molar-refractivity contribution in [1.82, 2.24) is 9.55 Å². The van der Waals surface area contributed by atoms with Crippen molar-refractivity contribution in [1.29, 1.82) is 0 Å². The van der Waals surface area contributed by atoms with Gasteiger partial charge in [0.1, 0.15) is 10.6 Å². The number of carbonyl (C=O) groups is 1. The predicted octanol–water partition coefficient (Wildman–Crippen LogP) is 4.16. The van der Waals surface area contributed by atoms with Gasteiger partial charge in [-0.05, 0) is 24.6 Å². The number of hydrogen-bond donors (Lipinski definition) is 0. The molecular formula is C23H18N2O5S. The van der Waals surface area contributed by atoms with Crippen LogP contribution in [0.15, 0.2) is 59.0 Å². The fourth-order valence-corrected chi connectivity index (χ4v) is 4.31. The molecule has 1 aliphatic rings. The van der Waals surface area contributed by atoms with Gasteiger partial charge < -0.3 is 14.2 Å². The van der Waals surface area contributed by atoms with Gasteiger partial charge in [-0.3, -0.25) is 14.2 Å². The van der Waals surface area contributed by atoms with Crippen LogP contribution in [-0.4, -0.2) is 22.3 Å². The lowest BCUT2D eigenvalue weighted by atomic mass is 10.1. The summed E-state index contributed by atoms with van der Waals surface area (Å²) in [5.41, 5.74) is 2.81. The van der Waals surface area contributed by atoms with Crippen molar-refractivity contribution in [3.05, 3.63) is 70.1 Å². The van der Waals surface area contributed by atoms with E-state index in [0.717, 1.165) is 16.7 Å². The largest absolute Gasteiger partial charge is 0.454 e. The zero-order valence-electron chi connectivity index (χ0n) is 16.7. The SMILES string of the molecule is Cc1ccc(-c2csc3ncn(CCC(=O)Oc4ccc5c(c4)OCO5)c(=O)c23)cc1. The van der Waals surface area contributed by atoms with E-state index in [1.807, 2.05) is 36.6 Å². The molecule has 0 atom stereocenters. The lowest BCUT2D eigenvalue weighted by Gasteiger charge is -2.07. The molecule has 8 heteroatoms. The van der Waals surface area contributed by atoms with Crippen LogP contribution in [0.25, 0.3) is 21.3 Å². The van der Waals surface area contributed by atoms with Crippen LogP contribution in [0.2, 0.25) is 0 Å². The van der Waals surface area contributed by atoms with E-state index in [4.69, 9.17) is 14.2 Å². The second-order valence-electron chi connectivity index (χ2n) is 7.18. The van der Waals surface area contributed by atoms with Crippen LogP contribution in [0.4, 0.5) is 0 Å². The first-order valence-corrected chi connectivity index (χ1v) is 10.6. The topological polar surface area (TPSA) is 79.7 Å². The zero-order valence-corrected chi connectivity index (χ0v) is 17.5. The molecule has 0 unspecified atom stereocenters. The average Bonchev–Trinajstić information content (AvgIpc) is 3.41. The number of benzene rings is 2. The quantitative estimate of drug-likeness (QED) is 0.347. The molecule has 7 nitrogen and oxygen atoms in total. The number of carbonyl (C=O) groups excluding carboxylic acids is 1. The van der Waals surface area contributed by atoms with Crippen LogP contribution in [0, 0.1) is 6.92 Å². The van der Waals surface area contributed by atoms with E-state index in [-0.39, 0.29) is 25.3 Å². The maximum Gasteiger partial charge on any atom is 0.312 e. The third-order valence-corrected chi connectivity index (χ3v) is 5.94. The first kappa shape index (κ1) is 19.3. The molecular weight excluding hydrogens is 416 g/mol. The third-order valence-electron chi connectivity index (χ3n) is 5.06. The van der Waals surface area contributed by atoms with Gasteiger partial charge in [0, 0.05) is 23.6 Å². The van der Waals surface area contributed by atoms with Crippen molar-refractivity contribution in [3.8, 4) is 28.4 Å². The third kappa shape index (κ3) is 3.77. The highest BCUT2D eigenvalue weighted by atomic mass is 32.1. The molecule has 2 aromatic carbocycles. The number of esters is 1. The molecule has 0 amide bonds. The summed E-state index contributed by atoms with van der Waals surface area (Å²) in [6.45, 7) is 2.35. The number of nitrogens with zero attached hydrogens (tertiary/aromatic N) is 2. The van der Waals surface area contributed by atoms with Gasteiger partial charge in [0.15, 0.2) is 11.5 Å². The van der Waals surface area contributed by atoms with Gasteiger partial charge in [0.05, 0.1) is 18.1 Å². The van der Waals surface area contributed by atoms with E-state index in [2.05, 4.69) is 4.98 Å². The van der Waals surface area contributed by atoms with Crippen molar-refractivity contribution in [2.75, 3.05) is 6.79 Å². The summed E-state index contributed by atoms with van der Waals surface area (Å²) >= 11 is 1.43. The molecule has 1 aliphatic heterocycles. The van der Waals surface area contributed by atoms with E-state index in [1.54, 1.807) is 18.2 Å². The molecule has 4 aromatic rings. The molecule has 0 bridgehead atoms. The highest BCUT2D eigenvalue weighted by Gasteiger charge is 2.17. The Balaban J connectivity index is 1.34. The molecule has 3 heterocycles. The Labute approximate surface area is 181 Å². The molecule has 0 aliphatic carbocycles. The van der Waals surface area contributed by atoms with E-state index < -0.39 is 5.97 Å². The van der Waals surface area contributed by atoms with Crippen molar-refractivity contribution in [2.24, 2.45) is 0 Å².